The SMILES string of the molecule is NC(=O)c1ccc(NC(=O)COC(=O)c2nc(-c3ccccc3)n(-c3ccccc3)n2)cc1. The number of nitrogens with two attached hydrogens (primary N) is 1. The summed E-state index contributed by atoms with van der Waals surface area (Å²) in [4.78, 5) is 40.2. The Balaban J connectivity index is 1.47. The summed E-state index contributed by atoms with van der Waals surface area (Å²) in [6, 6.07) is 24.6. The van der Waals surface area contributed by atoms with Gasteiger partial charge in [-0.1, -0.05) is 48.5 Å². The van der Waals surface area contributed by atoms with E-state index in [-0.39, 0.29) is 5.82 Å². The number of ether oxygens (including phenoxy) is 1. The summed E-state index contributed by atoms with van der Waals surface area (Å²) in [5.41, 5.74) is 7.42. The molecule has 9 heteroatoms. The van der Waals surface area contributed by atoms with E-state index in [1.54, 1.807) is 4.68 Å². The maximum Gasteiger partial charge on any atom is 0.378 e. The summed E-state index contributed by atoms with van der Waals surface area (Å²) in [5, 5.41) is 6.87. The van der Waals surface area contributed by atoms with Gasteiger partial charge in [0.1, 0.15) is 0 Å². The Morgan fingerprint density at radius 1 is 0.879 bits per heavy atom. The van der Waals surface area contributed by atoms with Crippen LogP contribution in [0.5, 0.6) is 0 Å². The number of benzene rings is 3. The van der Waals surface area contributed by atoms with Gasteiger partial charge in [0.05, 0.1) is 5.69 Å². The average molecular weight is 441 g/mol. The molecule has 0 atom stereocenters. The van der Waals surface area contributed by atoms with Crippen molar-refractivity contribution >= 4 is 23.5 Å². The summed E-state index contributed by atoms with van der Waals surface area (Å²) >= 11 is 0. The molecule has 1 heterocycles. The standard InChI is InChI=1S/C24H19N5O4/c25-21(31)16-11-13-18(14-12-16)26-20(30)15-33-24(32)22-27-23(17-7-3-1-4-8-17)29(28-22)19-9-5-2-6-10-19/h1-14H,15H2,(H2,25,31)(H,26,30). The maximum atomic E-state index is 12.6. The van der Waals surface area contributed by atoms with Gasteiger partial charge in [-0.05, 0) is 36.4 Å². The zero-order valence-corrected chi connectivity index (χ0v) is 17.3. The smallest absolute Gasteiger partial charge is 0.378 e. The minimum Gasteiger partial charge on any atom is -0.450 e. The van der Waals surface area contributed by atoms with Gasteiger partial charge in [-0.15, -0.1) is 5.10 Å². The molecule has 9 nitrogen and oxygen atoms in total. The number of carbonyl (C=O) groups is 3. The molecule has 0 spiro atoms. The first-order chi connectivity index (χ1) is 16.0. The molecule has 0 saturated heterocycles. The molecule has 0 bridgehead atoms. The highest BCUT2D eigenvalue weighted by Gasteiger charge is 2.20. The van der Waals surface area contributed by atoms with Crippen LogP contribution < -0.4 is 11.1 Å². The van der Waals surface area contributed by atoms with Crippen molar-refractivity contribution in [3.8, 4) is 17.1 Å². The van der Waals surface area contributed by atoms with Crippen molar-refractivity contribution in [3.05, 3.63) is 96.3 Å². The first kappa shape index (κ1) is 21.4. The van der Waals surface area contributed by atoms with Crippen LogP contribution in [0.2, 0.25) is 0 Å². The van der Waals surface area contributed by atoms with Crippen molar-refractivity contribution < 1.29 is 19.1 Å². The van der Waals surface area contributed by atoms with Gasteiger partial charge in [0.25, 0.3) is 11.7 Å². The van der Waals surface area contributed by atoms with Gasteiger partial charge >= 0.3 is 5.97 Å². The average Bonchev–Trinajstić information content (AvgIpc) is 3.30. The van der Waals surface area contributed by atoms with Gasteiger partial charge in [-0.2, -0.15) is 0 Å². The number of nitrogens with zero attached hydrogens (tertiary/aromatic N) is 3. The van der Waals surface area contributed by atoms with Crippen LogP contribution in [0.1, 0.15) is 21.0 Å². The molecule has 0 unspecified atom stereocenters. The fourth-order valence-electron chi connectivity index (χ4n) is 3.03. The van der Waals surface area contributed by atoms with Gasteiger partial charge in [-0.25, -0.2) is 14.5 Å². The molecule has 33 heavy (non-hydrogen) atoms. The van der Waals surface area contributed by atoms with E-state index in [2.05, 4.69) is 15.4 Å². The monoisotopic (exact) mass is 441 g/mol. The molecule has 0 aliphatic carbocycles. The molecule has 0 aliphatic rings. The molecule has 4 rings (SSSR count). The Morgan fingerprint density at radius 2 is 1.52 bits per heavy atom. The van der Waals surface area contributed by atoms with Crippen molar-refractivity contribution in [2.24, 2.45) is 5.73 Å². The number of primary amides is 1. The molecular weight excluding hydrogens is 422 g/mol. The molecule has 0 fully saturated rings. The second-order valence-corrected chi connectivity index (χ2v) is 6.94. The van der Waals surface area contributed by atoms with Gasteiger partial charge < -0.3 is 15.8 Å². The maximum absolute atomic E-state index is 12.6. The number of aromatic nitrogens is 3. The Labute approximate surface area is 188 Å². The lowest BCUT2D eigenvalue weighted by Crippen LogP contribution is -2.21. The summed E-state index contributed by atoms with van der Waals surface area (Å²) in [6.07, 6.45) is 0. The van der Waals surface area contributed by atoms with Crippen molar-refractivity contribution in [2.75, 3.05) is 11.9 Å². The van der Waals surface area contributed by atoms with Crippen LogP contribution in [-0.2, 0) is 9.53 Å². The van der Waals surface area contributed by atoms with Crippen LogP contribution in [0.4, 0.5) is 5.69 Å². The van der Waals surface area contributed by atoms with E-state index in [0.717, 1.165) is 11.3 Å². The second kappa shape index (κ2) is 9.56. The van der Waals surface area contributed by atoms with E-state index in [0.29, 0.717) is 17.1 Å². The van der Waals surface area contributed by atoms with E-state index in [1.165, 1.54) is 24.3 Å². The van der Waals surface area contributed by atoms with E-state index < -0.39 is 24.4 Å². The van der Waals surface area contributed by atoms with E-state index in [1.807, 2.05) is 60.7 Å². The highest BCUT2D eigenvalue weighted by Crippen LogP contribution is 2.21. The summed E-state index contributed by atoms with van der Waals surface area (Å²) in [6.45, 7) is -0.531. The van der Waals surface area contributed by atoms with E-state index in [9.17, 15) is 14.4 Å². The fourth-order valence-corrected chi connectivity index (χ4v) is 3.03. The van der Waals surface area contributed by atoms with Gasteiger partial charge in [-0.3, -0.25) is 9.59 Å². The van der Waals surface area contributed by atoms with Gasteiger partial charge in [0.15, 0.2) is 12.4 Å². The third-order valence-electron chi connectivity index (χ3n) is 4.61. The predicted molar refractivity (Wildman–Crippen MR) is 121 cm³/mol. The fraction of sp³-hybridized carbons (Fsp3) is 0.0417. The molecule has 0 aliphatic heterocycles. The van der Waals surface area contributed by atoms with Crippen LogP contribution in [0.25, 0.3) is 17.1 Å². The molecule has 2 amide bonds. The number of para-hydroxylation sites is 1. The Kier molecular flexibility index (Phi) is 6.21. The Hall–Kier alpha value is -4.79. The zero-order valence-electron chi connectivity index (χ0n) is 17.3. The number of carbonyl (C=O) groups excluding carboxylic acids is 3. The van der Waals surface area contributed by atoms with Crippen LogP contribution in [0.3, 0.4) is 0 Å². The normalized spacial score (nSPS) is 10.4. The van der Waals surface area contributed by atoms with Crippen LogP contribution in [-0.4, -0.2) is 39.2 Å². The van der Waals surface area contributed by atoms with Crippen LogP contribution in [0.15, 0.2) is 84.9 Å². The lowest BCUT2D eigenvalue weighted by atomic mass is 10.2. The zero-order chi connectivity index (χ0) is 23.2. The molecule has 3 aromatic carbocycles. The summed E-state index contributed by atoms with van der Waals surface area (Å²) in [7, 11) is 0. The van der Waals surface area contributed by atoms with Crippen molar-refractivity contribution in [1.82, 2.24) is 14.8 Å². The second-order valence-electron chi connectivity index (χ2n) is 6.94. The molecule has 1 aromatic heterocycles. The minimum absolute atomic E-state index is 0.170. The summed E-state index contributed by atoms with van der Waals surface area (Å²) < 4.78 is 6.65. The van der Waals surface area contributed by atoms with Crippen molar-refractivity contribution in [2.45, 2.75) is 0 Å². The number of nitrogens with one attached hydrogen (secondary N) is 1. The number of hydrogen-bond donors (Lipinski definition) is 2. The molecule has 164 valence electrons. The third-order valence-corrected chi connectivity index (χ3v) is 4.61. The first-order valence-electron chi connectivity index (χ1n) is 9.96. The molecule has 4 aromatic rings. The van der Waals surface area contributed by atoms with Crippen molar-refractivity contribution in [1.29, 1.82) is 0 Å². The highest BCUT2D eigenvalue weighted by atomic mass is 16.5. The van der Waals surface area contributed by atoms with Crippen LogP contribution in [0, 0.1) is 0 Å². The number of anilines is 1. The Bertz CT molecular complexity index is 1230. The first-order valence-corrected chi connectivity index (χ1v) is 9.96. The lowest BCUT2D eigenvalue weighted by molar-refractivity contribution is -0.119. The molecule has 3 N–H and O–H groups in total. The molecular formula is C24H19N5O4. The van der Waals surface area contributed by atoms with Crippen LogP contribution >= 0.6 is 0 Å². The van der Waals surface area contributed by atoms with Gasteiger partial charge in [0.2, 0.25) is 5.91 Å². The third kappa shape index (κ3) is 5.10. The number of amides is 2. The van der Waals surface area contributed by atoms with Crippen molar-refractivity contribution in [3.63, 3.8) is 0 Å². The molecule has 0 saturated carbocycles. The summed E-state index contributed by atoms with van der Waals surface area (Å²) in [5.74, 6) is -1.66. The number of esters is 1. The van der Waals surface area contributed by atoms with E-state index in [4.69, 9.17) is 10.5 Å². The number of rotatable bonds is 7. The highest BCUT2D eigenvalue weighted by molar-refractivity contribution is 5.96. The van der Waals surface area contributed by atoms with E-state index >= 15 is 0 Å². The minimum atomic E-state index is -0.832. The number of hydrogen-bond acceptors (Lipinski definition) is 6. The topological polar surface area (TPSA) is 129 Å². The predicted octanol–water partition coefficient (Wildman–Crippen LogP) is 2.83. The van der Waals surface area contributed by atoms with Gasteiger partial charge in [0, 0.05) is 16.8 Å². The largest absolute Gasteiger partial charge is 0.450 e. The quantitative estimate of drug-likeness (QED) is 0.424. The lowest BCUT2D eigenvalue weighted by Gasteiger charge is -2.06. The Morgan fingerprint density at radius 3 is 2.15 bits per heavy atom. The molecule has 0 radical (unpaired) electrons.